The largest absolute Gasteiger partial charge is 0.382 e. The summed E-state index contributed by atoms with van der Waals surface area (Å²) >= 11 is 6.70. The molecule has 166 valence electrons. The minimum absolute atomic E-state index is 0.0463. The predicted molar refractivity (Wildman–Crippen MR) is 120 cm³/mol. The Morgan fingerprint density at radius 2 is 1.94 bits per heavy atom. The van der Waals surface area contributed by atoms with Crippen molar-refractivity contribution in [3.05, 3.63) is 70.2 Å². The van der Waals surface area contributed by atoms with Crippen LogP contribution in [0, 0.1) is 10.9 Å². The number of benzene rings is 2. The van der Waals surface area contributed by atoms with Crippen LogP contribution in [0.4, 0.5) is 19.6 Å². The molecule has 1 aromatic heterocycles. The molecule has 0 saturated heterocycles. The normalized spacial score (nSPS) is 12.5. The van der Waals surface area contributed by atoms with E-state index in [1.165, 1.54) is 5.56 Å². The van der Waals surface area contributed by atoms with E-state index < -0.39 is 25.9 Å². The molecule has 6 nitrogen and oxygen atoms in total. The Morgan fingerprint density at radius 1 is 1.19 bits per heavy atom. The molecule has 0 fully saturated rings. The lowest BCUT2D eigenvalue weighted by Gasteiger charge is -2.19. The predicted octanol–water partition coefficient (Wildman–Crippen LogP) is 4.51. The van der Waals surface area contributed by atoms with Gasteiger partial charge in [-0.1, -0.05) is 53.3 Å². The lowest BCUT2D eigenvalue weighted by atomic mass is 10.1. The van der Waals surface area contributed by atoms with Crippen molar-refractivity contribution in [1.82, 2.24) is 10.3 Å². The summed E-state index contributed by atoms with van der Waals surface area (Å²) in [6.45, 7) is 0.464. The van der Waals surface area contributed by atoms with E-state index in [2.05, 4.69) is 27.8 Å². The molecule has 0 spiro atoms. The number of rotatable bonds is 10. The second kappa shape index (κ2) is 10.4. The number of thiazole rings is 1. The minimum Gasteiger partial charge on any atom is -0.382 e. The summed E-state index contributed by atoms with van der Waals surface area (Å²) in [5.74, 6) is -0.985. The summed E-state index contributed by atoms with van der Waals surface area (Å²) < 4.78 is 54.5. The topological polar surface area (TPSA) is 83.1 Å². The Morgan fingerprint density at radius 3 is 2.58 bits per heavy atom. The molecule has 3 N–H and O–H groups in total. The molecule has 1 heterocycles. The third kappa shape index (κ3) is 6.36. The second-order valence-electron chi connectivity index (χ2n) is 6.73. The van der Waals surface area contributed by atoms with E-state index in [4.69, 9.17) is 11.6 Å². The highest BCUT2D eigenvalue weighted by atomic mass is 35.5. The molecule has 1 unspecified atom stereocenters. The number of nitrogens with one attached hydrogen (secondary N) is 3. The minimum atomic E-state index is -4.31. The first-order chi connectivity index (χ1) is 14.8. The SMILES string of the molecule is CNC(CCc1ccccc1)CNc1cc(F)c(S(=O)(=O)Nc2ncc(F)s2)cc1Cl. The quantitative estimate of drug-likeness (QED) is 0.393. The van der Waals surface area contributed by atoms with Crippen LogP contribution in [-0.4, -0.2) is 33.0 Å². The van der Waals surface area contributed by atoms with Crippen LogP contribution in [0.15, 0.2) is 53.6 Å². The Kier molecular flexibility index (Phi) is 7.82. The van der Waals surface area contributed by atoms with Crippen molar-refractivity contribution in [2.75, 3.05) is 23.6 Å². The fraction of sp³-hybridized carbons (Fsp3) is 0.250. The number of nitrogens with zero attached hydrogens (tertiary/aromatic N) is 1. The maximum absolute atomic E-state index is 14.6. The molecule has 11 heteroatoms. The molecule has 0 bridgehead atoms. The van der Waals surface area contributed by atoms with Gasteiger partial charge in [0.15, 0.2) is 10.3 Å². The monoisotopic (exact) mass is 486 g/mol. The highest BCUT2D eigenvalue weighted by Gasteiger charge is 2.23. The number of hydrogen-bond donors (Lipinski definition) is 3. The van der Waals surface area contributed by atoms with E-state index in [-0.39, 0.29) is 21.9 Å². The first-order valence-corrected chi connectivity index (χ1v) is 12.0. The van der Waals surface area contributed by atoms with Gasteiger partial charge >= 0.3 is 0 Å². The van der Waals surface area contributed by atoms with Crippen molar-refractivity contribution in [1.29, 1.82) is 0 Å². The lowest BCUT2D eigenvalue weighted by molar-refractivity contribution is 0.543. The molecule has 0 aliphatic carbocycles. The number of sulfonamides is 1. The van der Waals surface area contributed by atoms with E-state index in [1.807, 2.05) is 30.0 Å². The summed E-state index contributed by atoms with van der Waals surface area (Å²) in [6.07, 6.45) is 2.58. The van der Waals surface area contributed by atoms with Gasteiger partial charge in [-0.15, -0.1) is 0 Å². The van der Waals surface area contributed by atoms with Crippen molar-refractivity contribution < 1.29 is 17.2 Å². The molecule has 1 atom stereocenters. The first-order valence-electron chi connectivity index (χ1n) is 9.36. The van der Waals surface area contributed by atoms with Crippen molar-refractivity contribution >= 4 is 43.8 Å². The third-order valence-corrected chi connectivity index (χ3v) is 7.08. The Balaban J connectivity index is 1.66. The van der Waals surface area contributed by atoms with Crippen LogP contribution >= 0.6 is 22.9 Å². The van der Waals surface area contributed by atoms with Gasteiger partial charge in [-0.25, -0.2) is 17.8 Å². The van der Waals surface area contributed by atoms with Gasteiger partial charge in [0.1, 0.15) is 10.7 Å². The fourth-order valence-electron chi connectivity index (χ4n) is 2.91. The highest BCUT2D eigenvalue weighted by Crippen LogP contribution is 2.30. The van der Waals surface area contributed by atoms with Crippen molar-refractivity contribution in [2.24, 2.45) is 0 Å². The van der Waals surface area contributed by atoms with Crippen LogP contribution in [-0.2, 0) is 16.4 Å². The van der Waals surface area contributed by atoms with Gasteiger partial charge < -0.3 is 10.6 Å². The van der Waals surface area contributed by atoms with Crippen LogP contribution in [0.1, 0.15) is 12.0 Å². The zero-order valence-corrected chi connectivity index (χ0v) is 18.9. The summed E-state index contributed by atoms with van der Waals surface area (Å²) in [7, 11) is -2.48. The zero-order valence-electron chi connectivity index (χ0n) is 16.5. The van der Waals surface area contributed by atoms with Gasteiger partial charge in [0, 0.05) is 12.6 Å². The average Bonchev–Trinajstić information content (AvgIpc) is 3.14. The number of halogens is 3. The molecule has 2 aromatic carbocycles. The maximum Gasteiger partial charge on any atom is 0.266 e. The number of aryl methyl sites for hydroxylation is 1. The lowest BCUT2D eigenvalue weighted by Crippen LogP contribution is -2.33. The van der Waals surface area contributed by atoms with E-state index >= 15 is 0 Å². The van der Waals surface area contributed by atoms with Crippen LogP contribution < -0.4 is 15.4 Å². The van der Waals surface area contributed by atoms with E-state index in [9.17, 15) is 17.2 Å². The Hall–Kier alpha value is -2.27. The molecule has 0 amide bonds. The highest BCUT2D eigenvalue weighted by molar-refractivity contribution is 7.93. The number of anilines is 2. The van der Waals surface area contributed by atoms with E-state index in [1.54, 1.807) is 0 Å². The first kappa shape index (κ1) is 23.4. The molecule has 31 heavy (non-hydrogen) atoms. The standard InChI is InChI=1S/C20H21ClF2N4O2S2/c1-24-14(8-7-13-5-3-2-4-6-13)11-25-17-10-16(22)18(9-15(17)21)31(28,29)27-20-26-12-19(23)30-20/h2-6,9-10,12,14,24-25H,7-8,11H2,1H3,(H,26,27). The number of aromatic nitrogens is 1. The van der Waals surface area contributed by atoms with Gasteiger partial charge in [0.25, 0.3) is 10.0 Å². The third-order valence-electron chi connectivity index (χ3n) is 4.58. The van der Waals surface area contributed by atoms with Crippen LogP contribution in [0.2, 0.25) is 5.02 Å². The Bertz CT molecular complexity index is 1130. The molecular weight excluding hydrogens is 466 g/mol. The smallest absolute Gasteiger partial charge is 0.266 e. The Labute approximate surface area is 188 Å². The molecule has 0 saturated carbocycles. The van der Waals surface area contributed by atoms with Crippen molar-refractivity contribution in [3.63, 3.8) is 0 Å². The molecule has 3 rings (SSSR count). The van der Waals surface area contributed by atoms with Crippen molar-refractivity contribution in [3.8, 4) is 0 Å². The number of likely N-dealkylation sites (N-methyl/N-ethyl adjacent to an activating group) is 1. The summed E-state index contributed by atoms with van der Waals surface area (Å²) in [5.41, 5.74) is 1.49. The second-order valence-corrected chi connectivity index (χ2v) is 9.77. The summed E-state index contributed by atoms with van der Waals surface area (Å²) in [4.78, 5) is 2.93. The fourth-order valence-corrected chi connectivity index (χ4v) is 5.08. The average molecular weight is 487 g/mol. The molecule has 3 aromatic rings. The molecule has 0 aliphatic rings. The van der Waals surface area contributed by atoms with Crippen LogP contribution in [0.3, 0.4) is 0 Å². The van der Waals surface area contributed by atoms with E-state index in [0.717, 1.165) is 31.2 Å². The van der Waals surface area contributed by atoms with Crippen LogP contribution in [0.5, 0.6) is 0 Å². The van der Waals surface area contributed by atoms with Gasteiger partial charge in [-0.2, -0.15) is 4.39 Å². The summed E-state index contributed by atoms with van der Waals surface area (Å²) in [5, 5.41) is 5.44. The van der Waals surface area contributed by atoms with Crippen LogP contribution in [0.25, 0.3) is 0 Å². The molecule has 0 aliphatic heterocycles. The zero-order chi connectivity index (χ0) is 22.4. The van der Waals surface area contributed by atoms with E-state index in [0.29, 0.717) is 17.9 Å². The van der Waals surface area contributed by atoms with Gasteiger partial charge in [-0.05, 0) is 37.6 Å². The van der Waals surface area contributed by atoms with Gasteiger partial charge in [-0.3, -0.25) is 4.72 Å². The number of hydrogen-bond acceptors (Lipinski definition) is 6. The molecular formula is C20H21ClF2N4O2S2. The van der Waals surface area contributed by atoms with Crippen molar-refractivity contribution in [2.45, 2.75) is 23.8 Å². The van der Waals surface area contributed by atoms with Gasteiger partial charge in [0.2, 0.25) is 0 Å². The molecule has 0 radical (unpaired) electrons. The summed E-state index contributed by atoms with van der Waals surface area (Å²) in [6, 6.07) is 12.2. The van der Waals surface area contributed by atoms with Gasteiger partial charge in [0.05, 0.1) is 16.9 Å². The maximum atomic E-state index is 14.6.